The number of hydrogen-bond acceptors (Lipinski definition) is 4. The van der Waals surface area contributed by atoms with E-state index in [0.717, 1.165) is 38.5 Å². The Bertz CT molecular complexity index is 295. The number of nitrogens with one attached hydrogen (secondary N) is 2. The predicted molar refractivity (Wildman–Crippen MR) is 66.5 cm³/mol. The Balaban J connectivity index is 1.83. The molecule has 0 radical (unpaired) electrons. The number of aliphatic hydroxyl groups is 1. The molecule has 96 valence electrons. The summed E-state index contributed by atoms with van der Waals surface area (Å²) in [6.07, 6.45) is 6.16. The van der Waals surface area contributed by atoms with Crippen molar-refractivity contribution in [2.45, 2.75) is 19.4 Å². The van der Waals surface area contributed by atoms with Crippen LogP contribution in [0.3, 0.4) is 0 Å². The van der Waals surface area contributed by atoms with Crippen molar-refractivity contribution in [3.8, 4) is 0 Å². The summed E-state index contributed by atoms with van der Waals surface area (Å²) in [5, 5.41) is 12.5. The van der Waals surface area contributed by atoms with Gasteiger partial charge in [-0.2, -0.15) is 0 Å². The number of aliphatic hydroxyl groups excluding tert-OH is 1. The average molecular weight is 238 g/mol. The van der Waals surface area contributed by atoms with Crippen molar-refractivity contribution in [1.29, 1.82) is 0 Å². The number of hydrogen-bond donors (Lipinski definition) is 3. The molecular formula is C12H22N4O. The van der Waals surface area contributed by atoms with E-state index in [1.165, 1.54) is 12.8 Å². The molecule has 0 aliphatic carbocycles. The van der Waals surface area contributed by atoms with Crippen molar-refractivity contribution in [3.05, 3.63) is 18.2 Å². The highest BCUT2D eigenvalue weighted by molar-refractivity contribution is 4.87. The first-order valence-corrected chi connectivity index (χ1v) is 6.40. The molecule has 0 spiro atoms. The first-order valence-electron chi connectivity index (χ1n) is 6.40. The lowest BCUT2D eigenvalue weighted by molar-refractivity contribution is 0.156. The van der Waals surface area contributed by atoms with Crippen LogP contribution in [0.4, 0.5) is 0 Å². The van der Waals surface area contributed by atoms with Gasteiger partial charge < -0.3 is 15.4 Å². The second-order valence-electron chi connectivity index (χ2n) is 4.71. The fourth-order valence-electron chi connectivity index (χ4n) is 2.42. The normalized spacial score (nSPS) is 20.9. The highest BCUT2D eigenvalue weighted by Crippen LogP contribution is 2.12. The van der Waals surface area contributed by atoms with Crippen LogP contribution in [0.1, 0.15) is 18.7 Å². The molecule has 1 aromatic rings. The molecule has 5 heteroatoms. The topological polar surface area (TPSA) is 64.2 Å². The Morgan fingerprint density at radius 1 is 1.53 bits per heavy atom. The van der Waals surface area contributed by atoms with Gasteiger partial charge in [0.05, 0.1) is 13.2 Å². The molecule has 1 saturated heterocycles. The minimum Gasteiger partial charge on any atom is -0.395 e. The van der Waals surface area contributed by atoms with Crippen LogP contribution in [0.2, 0.25) is 0 Å². The Morgan fingerprint density at radius 3 is 3.12 bits per heavy atom. The minimum atomic E-state index is 0.209. The first-order chi connectivity index (χ1) is 8.38. The third-order valence-corrected chi connectivity index (χ3v) is 3.26. The quantitative estimate of drug-likeness (QED) is 0.662. The minimum absolute atomic E-state index is 0.209. The molecule has 2 heterocycles. The molecule has 1 unspecified atom stereocenters. The van der Waals surface area contributed by atoms with Crippen LogP contribution >= 0.6 is 0 Å². The highest BCUT2D eigenvalue weighted by atomic mass is 16.3. The molecule has 1 aliphatic rings. The summed E-state index contributed by atoms with van der Waals surface area (Å²) in [6, 6.07) is 0. The van der Waals surface area contributed by atoms with Gasteiger partial charge in [-0.15, -0.1) is 0 Å². The number of H-pyrrole nitrogens is 1. The number of nitrogens with zero attached hydrogens (tertiary/aromatic N) is 2. The third-order valence-electron chi connectivity index (χ3n) is 3.26. The van der Waals surface area contributed by atoms with Crippen LogP contribution < -0.4 is 5.32 Å². The summed E-state index contributed by atoms with van der Waals surface area (Å²) in [5.74, 6) is 1.67. The SMILES string of the molecule is OCCN(Cc1ncc[nH]1)CC1CCCNC1. The number of aromatic amines is 1. The van der Waals surface area contributed by atoms with E-state index >= 15 is 0 Å². The van der Waals surface area contributed by atoms with Gasteiger partial charge in [0.1, 0.15) is 5.82 Å². The Hall–Kier alpha value is -0.910. The molecular weight excluding hydrogens is 216 g/mol. The summed E-state index contributed by atoms with van der Waals surface area (Å²) in [6.45, 7) is 5.01. The Morgan fingerprint density at radius 2 is 2.47 bits per heavy atom. The maximum Gasteiger partial charge on any atom is 0.120 e. The van der Waals surface area contributed by atoms with Crippen LogP contribution in [0.25, 0.3) is 0 Å². The van der Waals surface area contributed by atoms with E-state index in [2.05, 4.69) is 20.2 Å². The van der Waals surface area contributed by atoms with Gasteiger partial charge in [-0.3, -0.25) is 4.90 Å². The van der Waals surface area contributed by atoms with E-state index < -0.39 is 0 Å². The average Bonchev–Trinajstić information content (AvgIpc) is 2.83. The van der Waals surface area contributed by atoms with Crippen molar-refractivity contribution in [1.82, 2.24) is 20.2 Å². The second-order valence-corrected chi connectivity index (χ2v) is 4.71. The zero-order valence-corrected chi connectivity index (χ0v) is 10.2. The van der Waals surface area contributed by atoms with Crippen molar-refractivity contribution >= 4 is 0 Å². The molecule has 5 nitrogen and oxygen atoms in total. The molecule has 1 fully saturated rings. The summed E-state index contributed by atoms with van der Waals surface area (Å²) >= 11 is 0. The Labute approximate surface area is 102 Å². The molecule has 1 atom stereocenters. The summed E-state index contributed by atoms with van der Waals surface area (Å²) in [4.78, 5) is 9.62. The van der Waals surface area contributed by atoms with Gasteiger partial charge in [-0.25, -0.2) is 4.98 Å². The fraction of sp³-hybridized carbons (Fsp3) is 0.750. The third kappa shape index (κ3) is 4.11. The van der Waals surface area contributed by atoms with E-state index in [-0.39, 0.29) is 6.61 Å². The van der Waals surface area contributed by atoms with Crippen LogP contribution in [0.15, 0.2) is 12.4 Å². The van der Waals surface area contributed by atoms with Gasteiger partial charge in [-0.1, -0.05) is 0 Å². The van der Waals surface area contributed by atoms with E-state index in [1.54, 1.807) is 6.20 Å². The Kier molecular flexibility index (Phi) is 4.97. The molecule has 1 aromatic heterocycles. The zero-order chi connectivity index (χ0) is 11.9. The standard InChI is InChI=1S/C12H22N4O/c17-7-6-16(10-12-14-4-5-15-12)9-11-2-1-3-13-8-11/h4-5,11,13,17H,1-3,6-10H2,(H,14,15). The van der Waals surface area contributed by atoms with Crippen molar-refractivity contribution in [2.24, 2.45) is 5.92 Å². The van der Waals surface area contributed by atoms with Gasteiger partial charge in [0.2, 0.25) is 0 Å². The molecule has 0 amide bonds. The van der Waals surface area contributed by atoms with Crippen LogP contribution in [-0.4, -0.2) is 52.8 Å². The van der Waals surface area contributed by atoms with Crippen LogP contribution in [0.5, 0.6) is 0 Å². The van der Waals surface area contributed by atoms with Crippen molar-refractivity contribution in [3.63, 3.8) is 0 Å². The summed E-state index contributed by atoms with van der Waals surface area (Å²) < 4.78 is 0. The van der Waals surface area contributed by atoms with Crippen molar-refractivity contribution < 1.29 is 5.11 Å². The molecule has 0 saturated carbocycles. The lowest BCUT2D eigenvalue weighted by Gasteiger charge is -2.29. The summed E-state index contributed by atoms with van der Waals surface area (Å²) in [5.41, 5.74) is 0. The largest absolute Gasteiger partial charge is 0.395 e. The van der Waals surface area contributed by atoms with E-state index in [4.69, 9.17) is 5.11 Å². The number of imidazole rings is 1. The highest BCUT2D eigenvalue weighted by Gasteiger charge is 2.17. The van der Waals surface area contributed by atoms with Crippen molar-refractivity contribution in [2.75, 3.05) is 32.8 Å². The van der Waals surface area contributed by atoms with Gasteiger partial charge >= 0.3 is 0 Å². The van der Waals surface area contributed by atoms with Gasteiger partial charge in [0.15, 0.2) is 0 Å². The second kappa shape index (κ2) is 6.74. The van der Waals surface area contributed by atoms with Gasteiger partial charge in [0, 0.05) is 25.5 Å². The monoisotopic (exact) mass is 238 g/mol. The first kappa shape index (κ1) is 12.5. The molecule has 2 rings (SSSR count). The number of aromatic nitrogens is 2. The molecule has 0 bridgehead atoms. The lowest BCUT2D eigenvalue weighted by Crippen LogP contribution is -2.39. The van der Waals surface area contributed by atoms with E-state index in [0.29, 0.717) is 5.92 Å². The van der Waals surface area contributed by atoms with Crippen LogP contribution in [0, 0.1) is 5.92 Å². The zero-order valence-electron chi connectivity index (χ0n) is 10.2. The molecule has 0 aromatic carbocycles. The van der Waals surface area contributed by atoms with E-state index in [1.807, 2.05) is 6.20 Å². The lowest BCUT2D eigenvalue weighted by atomic mass is 9.99. The maximum atomic E-state index is 9.11. The molecule has 3 N–H and O–H groups in total. The number of rotatable bonds is 6. The maximum absolute atomic E-state index is 9.11. The fourth-order valence-corrected chi connectivity index (χ4v) is 2.42. The molecule has 17 heavy (non-hydrogen) atoms. The predicted octanol–water partition coefficient (Wildman–Crippen LogP) is 0.204. The number of piperidine rings is 1. The summed E-state index contributed by atoms with van der Waals surface area (Å²) in [7, 11) is 0. The van der Waals surface area contributed by atoms with E-state index in [9.17, 15) is 0 Å². The van der Waals surface area contributed by atoms with Crippen LogP contribution in [-0.2, 0) is 6.54 Å². The van der Waals surface area contributed by atoms with Gasteiger partial charge in [-0.05, 0) is 31.8 Å². The smallest absolute Gasteiger partial charge is 0.120 e. The molecule has 1 aliphatic heterocycles. The van der Waals surface area contributed by atoms with Gasteiger partial charge in [0.25, 0.3) is 0 Å².